The number of nitriles is 1. The molecule has 0 aliphatic rings. The Morgan fingerprint density at radius 3 is 2.67 bits per heavy atom. The van der Waals surface area contributed by atoms with Crippen molar-refractivity contribution in [3.8, 4) is 17.6 Å². The van der Waals surface area contributed by atoms with E-state index in [9.17, 15) is 10.1 Å². The standard InChI is InChI=1S/C18H22ClNO4/c1-5-6-7-23-18(21)14(11-20)8-13-9-15(19)17(24-12(2)3)16(10-13)22-4/h8-10,12H,5-7H2,1-4H3/b14-8+. The zero-order chi connectivity index (χ0) is 18.1. The molecule has 0 radical (unpaired) electrons. The van der Waals surface area contributed by atoms with Gasteiger partial charge in [0.05, 0.1) is 24.8 Å². The summed E-state index contributed by atoms with van der Waals surface area (Å²) < 4.78 is 16.0. The Hall–Kier alpha value is -2.19. The first-order valence-electron chi connectivity index (χ1n) is 7.76. The van der Waals surface area contributed by atoms with Crippen LogP contribution in [0.15, 0.2) is 17.7 Å². The van der Waals surface area contributed by atoms with E-state index >= 15 is 0 Å². The number of hydrogen-bond acceptors (Lipinski definition) is 5. The highest BCUT2D eigenvalue weighted by Gasteiger charge is 2.15. The highest BCUT2D eigenvalue weighted by molar-refractivity contribution is 6.32. The van der Waals surface area contributed by atoms with Gasteiger partial charge in [-0.1, -0.05) is 24.9 Å². The molecule has 0 heterocycles. The predicted octanol–water partition coefficient (Wildman–Crippen LogP) is 4.39. The van der Waals surface area contributed by atoms with Crippen LogP contribution in [0.3, 0.4) is 0 Å². The molecule has 0 aliphatic heterocycles. The van der Waals surface area contributed by atoms with Crippen LogP contribution < -0.4 is 9.47 Å². The quantitative estimate of drug-likeness (QED) is 0.301. The number of benzene rings is 1. The highest BCUT2D eigenvalue weighted by Crippen LogP contribution is 2.37. The van der Waals surface area contributed by atoms with Crippen LogP contribution in [0.25, 0.3) is 6.08 Å². The summed E-state index contributed by atoms with van der Waals surface area (Å²) in [7, 11) is 1.50. The molecule has 0 spiro atoms. The van der Waals surface area contributed by atoms with Gasteiger partial charge in [0.15, 0.2) is 11.5 Å². The minimum absolute atomic E-state index is 0.0685. The summed E-state index contributed by atoms with van der Waals surface area (Å²) in [6, 6.07) is 5.12. The monoisotopic (exact) mass is 351 g/mol. The zero-order valence-corrected chi connectivity index (χ0v) is 15.1. The van der Waals surface area contributed by atoms with Crippen LogP contribution in [-0.4, -0.2) is 25.8 Å². The van der Waals surface area contributed by atoms with Crippen molar-refractivity contribution in [2.24, 2.45) is 0 Å². The van der Waals surface area contributed by atoms with Crippen molar-refractivity contribution in [2.75, 3.05) is 13.7 Å². The van der Waals surface area contributed by atoms with Crippen molar-refractivity contribution in [3.05, 3.63) is 28.3 Å². The van der Waals surface area contributed by atoms with E-state index in [2.05, 4.69) is 0 Å². The largest absolute Gasteiger partial charge is 0.493 e. The molecule has 0 aliphatic carbocycles. The van der Waals surface area contributed by atoms with Crippen molar-refractivity contribution in [1.29, 1.82) is 5.26 Å². The Morgan fingerprint density at radius 1 is 1.42 bits per heavy atom. The number of esters is 1. The second-order valence-corrected chi connectivity index (χ2v) is 5.77. The molecule has 1 rings (SSSR count). The van der Waals surface area contributed by atoms with E-state index < -0.39 is 5.97 Å². The number of hydrogen-bond donors (Lipinski definition) is 0. The van der Waals surface area contributed by atoms with Gasteiger partial charge in [0, 0.05) is 0 Å². The first-order valence-corrected chi connectivity index (χ1v) is 8.13. The molecule has 0 fully saturated rings. The maximum atomic E-state index is 11.9. The van der Waals surface area contributed by atoms with E-state index in [-0.39, 0.29) is 11.7 Å². The first kappa shape index (κ1) is 19.9. The second kappa shape index (κ2) is 9.84. The zero-order valence-electron chi connectivity index (χ0n) is 14.4. The summed E-state index contributed by atoms with van der Waals surface area (Å²) in [5, 5.41) is 9.51. The summed E-state index contributed by atoms with van der Waals surface area (Å²) in [5.41, 5.74) is 0.457. The maximum absolute atomic E-state index is 11.9. The lowest BCUT2D eigenvalue weighted by atomic mass is 10.1. The molecular weight excluding hydrogens is 330 g/mol. The Labute approximate surface area is 147 Å². The van der Waals surface area contributed by atoms with Crippen molar-refractivity contribution >= 4 is 23.6 Å². The number of methoxy groups -OCH3 is 1. The summed E-state index contributed by atoms with van der Waals surface area (Å²) >= 11 is 6.23. The van der Waals surface area contributed by atoms with Gasteiger partial charge in [-0.2, -0.15) is 5.26 Å². The normalized spacial score (nSPS) is 11.1. The van der Waals surface area contributed by atoms with Crippen molar-refractivity contribution in [1.82, 2.24) is 0 Å². The van der Waals surface area contributed by atoms with E-state index in [1.807, 2.05) is 26.8 Å². The molecule has 0 amide bonds. The van der Waals surface area contributed by atoms with Crippen molar-refractivity contribution in [2.45, 2.75) is 39.7 Å². The lowest BCUT2D eigenvalue weighted by Gasteiger charge is -2.15. The number of carbonyl (C=O) groups excluding carboxylic acids is 1. The molecule has 0 unspecified atom stereocenters. The average Bonchev–Trinajstić information content (AvgIpc) is 2.54. The average molecular weight is 352 g/mol. The van der Waals surface area contributed by atoms with Crippen molar-refractivity contribution < 1.29 is 19.0 Å². The summed E-state index contributed by atoms with van der Waals surface area (Å²) in [5.74, 6) is 0.206. The molecule has 6 heteroatoms. The smallest absolute Gasteiger partial charge is 0.348 e. The molecule has 1 aromatic carbocycles. The Balaban J connectivity index is 3.10. The first-order chi connectivity index (χ1) is 11.4. The SMILES string of the molecule is CCCCOC(=O)/C(C#N)=C/c1cc(Cl)c(OC(C)C)c(OC)c1. The number of unbranched alkanes of at least 4 members (excludes halogenated alkanes) is 1. The molecule has 5 nitrogen and oxygen atoms in total. The molecule has 0 aromatic heterocycles. The van der Waals surface area contributed by atoms with Crippen LogP contribution in [0, 0.1) is 11.3 Å². The second-order valence-electron chi connectivity index (χ2n) is 5.36. The molecule has 0 atom stereocenters. The minimum atomic E-state index is -0.649. The van der Waals surface area contributed by atoms with E-state index in [4.69, 9.17) is 25.8 Å². The van der Waals surface area contributed by atoms with Gasteiger partial charge in [-0.15, -0.1) is 0 Å². The minimum Gasteiger partial charge on any atom is -0.493 e. The van der Waals surface area contributed by atoms with Gasteiger partial charge in [-0.3, -0.25) is 0 Å². The topological polar surface area (TPSA) is 68.6 Å². The van der Waals surface area contributed by atoms with Crippen LogP contribution in [0.2, 0.25) is 5.02 Å². The molecule has 0 saturated carbocycles. The molecule has 1 aromatic rings. The van der Waals surface area contributed by atoms with Gasteiger partial charge < -0.3 is 14.2 Å². The van der Waals surface area contributed by atoms with E-state index in [1.165, 1.54) is 13.2 Å². The highest BCUT2D eigenvalue weighted by atomic mass is 35.5. The molecule has 0 N–H and O–H groups in total. The van der Waals surface area contributed by atoms with E-state index in [0.717, 1.165) is 12.8 Å². The summed E-state index contributed by atoms with van der Waals surface area (Å²) in [6.07, 6.45) is 3.01. The maximum Gasteiger partial charge on any atom is 0.348 e. The Kier molecular flexibility index (Phi) is 8.14. The fraction of sp³-hybridized carbons (Fsp3) is 0.444. The third kappa shape index (κ3) is 5.78. The number of carbonyl (C=O) groups is 1. The summed E-state index contributed by atoms with van der Waals surface area (Å²) in [6.45, 7) is 6.04. The third-order valence-corrected chi connectivity index (χ3v) is 3.27. The van der Waals surface area contributed by atoms with Crippen LogP contribution in [-0.2, 0) is 9.53 Å². The van der Waals surface area contributed by atoms with Crippen LogP contribution in [0.5, 0.6) is 11.5 Å². The number of nitrogens with zero attached hydrogens (tertiary/aromatic N) is 1. The van der Waals surface area contributed by atoms with Crippen LogP contribution in [0.4, 0.5) is 0 Å². The fourth-order valence-corrected chi connectivity index (χ4v) is 2.13. The molecule has 0 saturated heterocycles. The van der Waals surface area contributed by atoms with Crippen LogP contribution >= 0.6 is 11.6 Å². The van der Waals surface area contributed by atoms with Crippen LogP contribution in [0.1, 0.15) is 39.2 Å². The molecule has 24 heavy (non-hydrogen) atoms. The van der Waals surface area contributed by atoms with Gasteiger partial charge in [-0.05, 0) is 44.0 Å². The van der Waals surface area contributed by atoms with E-state index in [1.54, 1.807) is 12.1 Å². The lowest BCUT2D eigenvalue weighted by Crippen LogP contribution is -2.08. The molecular formula is C18H22ClNO4. The Morgan fingerprint density at radius 2 is 2.12 bits per heavy atom. The van der Waals surface area contributed by atoms with Gasteiger partial charge in [0.1, 0.15) is 11.6 Å². The molecule has 0 bridgehead atoms. The lowest BCUT2D eigenvalue weighted by molar-refractivity contribution is -0.138. The van der Waals surface area contributed by atoms with E-state index in [0.29, 0.717) is 28.7 Å². The van der Waals surface area contributed by atoms with Gasteiger partial charge in [0.2, 0.25) is 0 Å². The summed E-state index contributed by atoms with van der Waals surface area (Å²) in [4.78, 5) is 11.9. The third-order valence-electron chi connectivity index (χ3n) is 2.99. The fourth-order valence-electron chi connectivity index (χ4n) is 1.86. The predicted molar refractivity (Wildman–Crippen MR) is 93.2 cm³/mol. The van der Waals surface area contributed by atoms with Gasteiger partial charge >= 0.3 is 5.97 Å². The van der Waals surface area contributed by atoms with Gasteiger partial charge in [0.25, 0.3) is 0 Å². The number of ether oxygens (including phenoxy) is 3. The number of halogens is 1. The molecule has 130 valence electrons. The Bertz CT molecular complexity index is 647. The number of rotatable bonds is 8. The van der Waals surface area contributed by atoms with Crippen molar-refractivity contribution in [3.63, 3.8) is 0 Å². The van der Waals surface area contributed by atoms with Gasteiger partial charge in [-0.25, -0.2) is 4.79 Å².